The number of piperidine rings is 1. The van der Waals surface area contributed by atoms with Crippen LogP contribution in [-0.2, 0) is 11.3 Å². The highest BCUT2D eigenvalue weighted by Crippen LogP contribution is 2.16. The monoisotopic (exact) mass is 192 g/mol. The highest BCUT2D eigenvalue weighted by atomic mass is 32.2. The van der Waals surface area contributed by atoms with Crippen molar-refractivity contribution in [1.29, 1.82) is 0 Å². The van der Waals surface area contributed by atoms with E-state index in [4.69, 9.17) is 0 Å². The van der Waals surface area contributed by atoms with E-state index in [1.807, 2.05) is 13.8 Å². The Morgan fingerprint density at radius 3 is 2.08 bits per heavy atom. The Balaban J connectivity index is 0.000000561. The molecule has 0 amide bonds. The van der Waals surface area contributed by atoms with Gasteiger partial charge in [0.2, 0.25) is 0 Å². The second-order valence-corrected chi connectivity index (χ2v) is 3.78. The van der Waals surface area contributed by atoms with Gasteiger partial charge in [0.1, 0.15) is 0 Å². The van der Waals surface area contributed by atoms with Crippen molar-refractivity contribution in [2.75, 3.05) is 13.1 Å². The van der Waals surface area contributed by atoms with Crippen molar-refractivity contribution in [3.05, 3.63) is 0 Å². The maximum absolute atomic E-state index is 10.4. The van der Waals surface area contributed by atoms with Crippen LogP contribution in [0.25, 0.3) is 0 Å². The van der Waals surface area contributed by atoms with Gasteiger partial charge in [-0.2, -0.15) is 0 Å². The molecular weight excluding hydrogens is 174 g/mol. The van der Waals surface area contributed by atoms with Crippen LogP contribution in [0.2, 0.25) is 0 Å². The molecule has 1 rings (SSSR count). The lowest BCUT2D eigenvalue weighted by atomic mass is 10.0. The van der Waals surface area contributed by atoms with E-state index in [2.05, 4.69) is 6.92 Å². The Labute approximate surface area is 77.6 Å². The molecule has 12 heavy (non-hydrogen) atoms. The van der Waals surface area contributed by atoms with Gasteiger partial charge in [-0.05, 0) is 18.8 Å². The standard InChI is InChI=1S/C6H13NO2S.C2H6/c1-6-2-4-7(5-3-6)10(8)9;1-2/h6H,2-5H2,1H3,(H,8,9);1-2H3/p-1. The molecule has 0 saturated carbocycles. The molecule has 1 unspecified atom stereocenters. The van der Waals surface area contributed by atoms with Crippen molar-refractivity contribution in [2.45, 2.75) is 33.6 Å². The first-order valence-electron chi connectivity index (χ1n) is 4.54. The summed E-state index contributed by atoms with van der Waals surface area (Å²) in [7, 11) is 0. The summed E-state index contributed by atoms with van der Waals surface area (Å²) in [6, 6.07) is 0. The van der Waals surface area contributed by atoms with Crippen molar-refractivity contribution < 1.29 is 8.76 Å². The lowest BCUT2D eigenvalue weighted by Crippen LogP contribution is -2.34. The van der Waals surface area contributed by atoms with Crippen LogP contribution in [0.4, 0.5) is 0 Å². The van der Waals surface area contributed by atoms with Crippen molar-refractivity contribution >= 4 is 11.3 Å². The average molecular weight is 192 g/mol. The third kappa shape index (κ3) is 4.18. The predicted molar refractivity (Wildman–Crippen MR) is 50.2 cm³/mol. The molecule has 0 spiro atoms. The van der Waals surface area contributed by atoms with Gasteiger partial charge in [-0.1, -0.05) is 20.8 Å². The van der Waals surface area contributed by atoms with E-state index >= 15 is 0 Å². The maximum Gasteiger partial charge on any atom is 0.0209 e. The summed E-state index contributed by atoms with van der Waals surface area (Å²) in [5.41, 5.74) is 0. The SMILES string of the molecule is CC.CC1CCN(S(=O)[O-])CC1. The van der Waals surface area contributed by atoms with Gasteiger partial charge in [-0.15, -0.1) is 0 Å². The zero-order chi connectivity index (χ0) is 9.56. The topological polar surface area (TPSA) is 43.4 Å². The highest BCUT2D eigenvalue weighted by molar-refractivity contribution is 7.76. The van der Waals surface area contributed by atoms with Crippen LogP contribution in [0, 0.1) is 5.92 Å². The van der Waals surface area contributed by atoms with Crippen LogP contribution in [0.15, 0.2) is 0 Å². The lowest BCUT2D eigenvalue weighted by molar-refractivity contribution is 0.281. The van der Waals surface area contributed by atoms with Gasteiger partial charge in [0.15, 0.2) is 0 Å². The summed E-state index contributed by atoms with van der Waals surface area (Å²) in [4.78, 5) is 0. The summed E-state index contributed by atoms with van der Waals surface area (Å²) >= 11 is -1.98. The molecule has 1 fully saturated rings. The van der Waals surface area contributed by atoms with Gasteiger partial charge >= 0.3 is 0 Å². The van der Waals surface area contributed by atoms with Gasteiger partial charge in [0.25, 0.3) is 0 Å². The van der Waals surface area contributed by atoms with E-state index in [-0.39, 0.29) is 0 Å². The number of hydrogen-bond donors (Lipinski definition) is 0. The van der Waals surface area contributed by atoms with Crippen LogP contribution in [-0.4, -0.2) is 26.2 Å². The first-order chi connectivity index (χ1) is 5.70. The number of hydrogen-bond acceptors (Lipinski definition) is 2. The zero-order valence-corrected chi connectivity index (χ0v) is 8.89. The Hall–Kier alpha value is 0.0700. The minimum atomic E-state index is -1.98. The zero-order valence-electron chi connectivity index (χ0n) is 8.08. The first-order valence-corrected chi connectivity index (χ1v) is 5.57. The van der Waals surface area contributed by atoms with E-state index in [0.717, 1.165) is 12.8 Å². The van der Waals surface area contributed by atoms with Crippen LogP contribution in [0.5, 0.6) is 0 Å². The van der Waals surface area contributed by atoms with Crippen molar-refractivity contribution in [1.82, 2.24) is 4.31 Å². The van der Waals surface area contributed by atoms with E-state index in [0.29, 0.717) is 19.0 Å². The van der Waals surface area contributed by atoms with Crippen LogP contribution in [0.1, 0.15) is 33.6 Å². The molecule has 0 aromatic rings. The molecule has 0 bridgehead atoms. The number of nitrogens with zero attached hydrogens (tertiary/aromatic N) is 1. The third-order valence-corrected chi connectivity index (χ3v) is 2.74. The molecule has 1 heterocycles. The second-order valence-electron chi connectivity index (χ2n) is 2.83. The molecule has 74 valence electrons. The first kappa shape index (κ1) is 12.1. The second kappa shape index (κ2) is 6.57. The van der Waals surface area contributed by atoms with Crippen molar-refractivity contribution in [3.8, 4) is 0 Å². The normalized spacial score (nSPS) is 22.7. The van der Waals surface area contributed by atoms with Gasteiger partial charge < -0.3 is 4.55 Å². The van der Waals surface area contributed by atoms with Crippen molar-refractivity contribution in [3.63, 3.8) is 0 Å². The highest BCUT2D eigenvalue weighted by Gasteiger charge is 2.15. The summed E-state index contributed by atoms with van der Waals surface area (Å²) in [5.74, 6) is 0.694. The fraction of sp³-hybridized carbons (Fsp3) is 1.00. The van der Waals surface area contributed by atoms with E-state index in [1.165, 1.54) is 4.31 Å². The molecule has 0 radical (unpaired) electrons. The maximum atomic E-state index is 10.4. The minimum absolute atomic E-state index is 0.694. The summed E-state index contributed by atoms with van der Waals surface area (Å²) in [6.07, 6.45) is 2.02. The fourth-order valence-corrected chi connectivity index (χ4v) is 1.64. The van der Waals surface area contributed by atoms with Crippen LogP contribution >= 0.6 is 0 Å². The summed E-state index contributed by atoms with van der Waals surface area (Å²) in [6.45, 7) is 7.57. The molecular formula is C8H18NO2S-. The van der Waals surface area contributed by atoms with Gasteiger partial charge in [0.05, 0.1) is 0 Å². The van der Waals surface area contributed by atoms with E-state index < -0.39 is 11.3 Å². The molecule has 0 aromatic carbocycles. The Morgan fingerprint density at radius 1 is 1.33 bits per heavy atom. The molecule has 1 aliphatic heterocycles. The van der Waals surface area contributed by atoms with Gasteiger partial charge in [-0.25, -0.2) is 4.31 Å². The quantitative estimate of drug-likeness (QED) is 0.591. The Kier molecular flexibility index (Phi) is 6.61. The lowest BCUT2D eigenvalue weighted by Gasteiger charge is -2.30. The minimum Gasteiger partial charge on any atom is -0.760 e. The molecule has 0 aliphatic carbocycles. The van der Waals surface area contributed by atoms with E-state index in [1.54, 1.807) is 0 Å². The largest absolute Gasteiger partial charge is 0.760 e. The molecule has 0 N–H and O–H groups in total. The Morgan fingerprint density at radius 2 is 1.75 bits per heavy atom. The van der Waals surface area contributed by atoms with Crippen LogP contribution < -0.4 is 0 Å². The predicted octanol–water partition coefficient (Wildman–Crippen LogP) is 1.54. The molecule has 3 nitrogen and oxygen atoms in total. The summed E-state index contributed by atoms with van der Waals surface area (Å²) in [5, 5.41) is 0. The molecule has 0 aromatic heterocycles. The fourth-order valence-electron chi connectivity index (χ4n) is 1.13. The van der Waals surface area contributed by atoms with Gasteiger partial charge in [0, 0.05) is 24.4 Å². The third-order valence-electron chi connectivity index (χ3n) is 1.95. The van der Waals surface area contributed by atoms with Gasteiger partial charge in [-0.3, -0.25) is 4.21 Å². The Bertz CT molecular complexity index is 133. The molecule has 1 saturated heterocycles. The smallest absolute Gasteiger partial charge is 0.0209 e. The average Bonchev–Trinajstić information content (AvgIpc) is 2.09. The molecule has 4 heteroatoms. The van der Waals surface area contributed by atoms with Crippen molar-refractivity contribution in [2.24, 2.45) is 5.92 Å². The summed E-state index contributed by atoms with van der Waals surface area (Å²) < 4.78 is 22.3. The molecule has 1 aliphatic rings. The van der Waals surface area contributed by atoms with E-state index in [9.17, 15) is 8.76 Å². The molecule has 1 atom stereocenters. The van der Waals surface area contributed by atoms with Crippen LogP contribution in [0.3, 0.4) is 0 Å². The number of rotatable bonds is 1.